The first-order chi connectivity index (χ1) is 6.88. The Bertz CT molecular complexity index is 355. The van der Waals surface area contributed by atoms with Crippen LogP contribution in [0.1, 0.15) is 16.8 Å². The Morgan fingerprint density at radius 1 is 1.33 bits per heavy atom. The van der Waals surface area contributed by atoms with E-state index >= 15 is 0 Å². The first kappa shape index (κ1) is 12.2. The molecule has 0 aliphatic rings. The van der Waals surface area contributed by atoms with Crippen LogP contribution in [0, 0.1) is 0 Å². The maximum absolute atomic E-state index is 11.8. The fraction of sp³-hybridized carbons (Fsp3) is 0.417. The predicted molar refractivity (Wildman–Crippen MR) is 63.3 cm³/mol. The van der Waals surface area contributed by atoms with Gasteiger partial charge in [0.25, 0.3) is 0 Å². The summed E-state index contributed by atoms with van der Waals surface area (Å²) in [6.45, 7) is 0.839. The standard InChI is InChI=1S/C12H17ClNO/c1-14(2,3)8-7-12(15)10-5-4-6-11(13)9-10/h4-6,9H,7-8H2,1-3H3/q+1. The number of quaternary nitrogens is 1. The third kappa shape index (κ3) is 4.45. The minimum atomic E-state index is 0.158. The summed E-state index contributed by atoms with van der Waals surface area (Å²) in [6.07, 6.45) is 0.559. The Kier molecular flexibility index (Phi) is 3.89. The van der Waals surface area contributed by atoms with E-state index in [2.05, 4.69) is 21.1 Å². The quantitative estimate of drug-likeness (QED) is 0.570. The van der Waals surface area contributed by atoms with Gasteiger partial charge < -0.3 is 4.48 Å². The summed E-state index contributed by atoms with van der Waals surface area (Å²) in [7, 11) is 6.22. The molecule has 0 saturated heterocycles. The lowest BCUT2D eigenvalue weighted by Gasteiger charge is -2.23. The summed E-state index contributed by atoms with van der Waals surface area (Å²) < 4.78 is 0.798. The molecule has 3 heteroatoms. The van der Waals surface area contributed by atoms with Crippen molar-refractivity contribution in [2.45, 2.75) is 6.42 Å². The number of ketones is 1. The number of carbonyl (C=O) groups excluding carboxylic acids is 1. The van der Waals surface area contributed by atoms with Gasteiger partial charge in [-0.15, -0.1) is 0 Å². The van der Waals surface area contributed by atoms with E-state index in [0.717, 1.165) is 11.0 Å². The van der Waals surface area contributed by atoms with E-state index in [1.807, 2.05) is 12.1 Å². The number of rotatable bonds is 4. The molecule has 0 bridgehead atoms. The number of nitrogens with zero attached hydrogens (tertiary/aromatic N) is 1. The highest BCUT2D eigenvalue weighted by atomic mass is 35.5. The summed E-state index contributed by atoms with van der Waals surface area (Å²) in [4.78, 5) is 11.8. The highest BCUT2D eigenvalue weighted by Crippen LogP contribution is 2.12. The van der Waals surface area contributed by atoms with Crippen molar-refractivity contribution < 1.29 is 9.28 Å². The zero-order chi connectivity index (χ0) is 11.5. The Morgan fingerprint density at radius 2 is 2.00 bits per heavy atom. The lowest BCUT2D eigenvalue weighted by atomic mass is 10.1. The van der Waals surface area contributed by atoms with E-state index in [9.17, 15) is 4.79 Å². The van der Waals surface area contributed by atoms with Crippen LogP contribution in [0.3, 0.4) is 0 Å². The topological polar surface area (TPSA) is 17.1 Å². The maximum Gasteiger partial charge on any atom is 0.168 e. The average molecular weight is 227 g/mol. The molecule has 0 heterocycles. The van der Waals surface area contributed by atoms with Crippen LogP contribution >= 0.6 is 11.6 Å². The molecule has 0 aliphatic carbocycles. The Hall–Kier alpha value is -0.860. The zero-order valence-corrected chi connectivity index (χ0v) is 10.2. The average Bonchev–Trinajstić information content (AvgIpc) is 2.13. The molecule has 0 saturated carbocycles. The molecule has 0 unspecified atom stereocenters. The van der Waals surface area contributed by atoms with Crippen molar-refractivity contribution >= 4 is 17.4 Å². The summed E-state index contributed by atoms with van der Waals surface area (Å²) in [5.74, 6) is 0.158. The van der Waals surface area contributed by atoms with E-state index < -0.39 is 0 Å². The van der Waals surface area contributed by atoms with Crippen LogP contribution in [0.2, 0.25) is 5.02 Å². The SMILES string of the molecule is C[N+](C)(C)CCC(=O)c1cccc(Cl)c1. The number of halogens is 1. The van der Waals surface area contributed by atoms with Crippen molar-refractivity contribution in [2.24, 2.45) is 0 Å². The normalized spacial score (nSPS) is 11.5. The number of Topliss-reactive ketones (excluding diaryl/α,β-unsaturated/α-hetero) is 1. The van der Waals surface area contributed by atoms with E-state index in [4.69, 9.17) is 11.6 Å². The fourth-order valence-corrected chi connectivity index (χ4v) is 1.43. The molecule has 0 aliphatic heterocycles. The van der Waals surface area contributed by atoms with Gasteiger partial charge in [0.1, 0.15) is 0 Å². The van der Waals surface area contributed by atoms with Crippen molar-refractivity contribution in [1.29, 1.82) is 0 Å². The van der Waals surface area contributed by atoms with Gasteiger partial charge in [-0.2, -0.15) is 0 Å². The van der Waals surface area contributed by atoms with Crippen LogP contribution in [0.4, 0.5) is 0 Å². The van der Waals surface area contributed by atoms with Crippen LogP contribution in [0.25, 0.3) is 0 Å². The molecular weight excluding hydrogens is 210 g/mol. The van der Waals surface area contributed by atoms with Crippen molar-refractivity contribution in [3.05, 3.63) is 34.9 Å². The largest absolute Gasteiger partial charge is 0.331 e. The second-order valence-electron chi connectivity index (χ2n) is 4.70. The van der Waals surface area contributed by atoms with Crippen LogP contribution in [-0.2, 0) is 0 Å². The van der Waals surface area contributed by atoms with Crippen molar-refractivity contribution in [3.8, 4) is 0 Å². The summed E-state index contributed by atoms with van der Waals surface area (Å²) in [6, 6.07) is 7.11. The van der Waals surface area contributed by atoms with Crippen LogP contribution in [-0.4, -0.2) is 38.0 Å². The molecule has 0 N–H and O–H groups in total. The van der Waals surface area contributed by atoms with Crippen molar-refractivity contribution in [1.82, 2.24) is 0 Å². The third-order valence-electron chi connectivity index (χ3n) is 2.16. The molecule has 0 fully saturated rings. The summed E-state index contributed by atoms with van der Waals surface area (Å²) in [5, 5.41) is 0.617. The van der Waals surface area contributed by atoms with Gasteiger partial charge in [0.2, 0.25) is 0 Å². The van der Waals surface area contributed by atoms with Crippen LogP contribution < -0.4 is 0 Å². The molecule has 15 heavy (non-hydrogen) atoms. The lowest BCUT2D eigenvalue weighted by molar-refractivity contribution is -0.869. The molecule has 1 rings (SSSR count). The molecule has 0 spiro atoms. The molecule has 1 aromatic carbocycles. The highest BCUT2D eigenvalue weighted by molar-refractivity contribution is 6.31. The van der Waals surface area contributed by atoms with E-state index in [1.54, 1.807) is 12.1 Å². The molecule has 82 valence electrons. The number of benzene rings is 1. The van der Waals surface area contributed by atoms with Crippen LogP contribution in [0.5, 0.6) is 0 Å². The Morgan fingerprint density at radius 3 is 2.53 bits per heavy atom. The van der Waals surface area contributed by atoms with Crippen LogP contribution in [0.15, 0.2) is 24.3 Å². The Balaban J connectivity index is 2.62. The number of hydrogen-bond donors (Lipinski definition) is 0. The number of carbonyl (C=O) groups is 1. The third-order valence-corrected chi connectivity index (χ3v) is 2.39. The van der Waals surface area contributed by atoms with Gasteiger partial charge in [0.15, 0.2) is 5.78 Å². The van der Waals surface area contributed by atoms with Gasteiger partial charge in [-0.05, 0) is 12.1 Å². The smallest absolute Gasteiger partial charge is 0.168 e. The van der Waals surface area contributed by atoms with Gasteiger partial charge in [-0.1, -0.05) is 23.7 Å². The molecule has 0 amide bonds. The van der Waals surface area contributed by atoms with Gasteiger partial charge in [-0.3, -0.25) is 4.79 Å². The zero-order valence-electron chi connectivity index (χ0n) is 9.46. The lowest BCUT2D eigenvalue weighted by Crippen LogP contribution is -2.36. The maximum atomic E-state index is 11.8. The van der Waals surface area contributed by atoms with Crippen molar-refractivity contribution in [2.75, 3.05) is 27.7 Å². The molecule has 1 aromatic rings. The molecule has 0 atom stereocenters. The second kappa shape index (κ2) is 4.77. The second-order valence-corrected chi connectivity index (χ2v) is 5.13. The first-order valence-corrected chi connectivity index (χ1v) is 5.35. The van der Waals surface area contributed by atoms with Gasteiger partial charge in [0.05, 0.1) is 34.1 Å². The van der Waals surface area contributed by atoms with Gasteiger partial charge >= 0.3 is 0 Å². The van der Waals surface area contributed by atoms with E-state index in [0.29, 0.717) is 17.0 Å². The van der Waals surface area contributed by atoms with Gasteiger partial charge in [0, 0.05) is 10.6 Å². The first-order valence-electron chi connectivity index (χ1n) is 4.98. The highest BCUT2D eigenvalue weighted by Gasteiger charge is 2.12. The molecular formula is C12H17ClNO+. The van der Waals surface area contributed by atoms with E-state index in [1.165, 1.54) is 0 Å². The summed E-state index contributed by atoms with van der Waals surface area (Å²) in [5.41, 5.74) is 0.705. The fourth-order valence-electron chi connectivity index (χ4n) is 1.24. The number of hydrogen-bond acceptors (Lipinski definition) is 1. The van der Waals surface area contributed by atoms with E-state index in [-0.39, 0.29) is 5.78 Å². The predicted octanol–water partition coefficient (Wildman–Crippen LogP) is 2.62. The monoisotopic (exact) mass is 226 g/mol. The summed E-state index contributed by atoms with van der Waals surface area (Å²) >= 11 is 5.82. The molecule has 0 radical (unpaired) electrons. The van der Waals surface area contributed by atoms with Gasteiger partial charge in [-0.25, -0.2) is 0 Å². The minimum Gasteiger partial charge on any atom is -0.331 e. The molecule has 0 aromatic heterocycles. The minimum absolute atomic E-state index is 0.158. The van der Waals surface area contributed by atoms with Crippen molar-refractivity contribution in [3.63, 3.8) is 0 Å². The Labute approximate surface area is 96.1 Å². The molecule has 2 nitrogen and oxygen atoms in total.